The Morgan fingerprint density at radius 2 is 2.15 bits per heavy atom. The number of carbonyl (C=O) groups excluding carboxylic acids is 1. The summed E-state index contributed by atoms with van der Waals surface area (Å²) in [7, 11) is 0. The van der Waals surface area contributed by atoms with Crippen molar-refractivity contribution in [2.24, 2.45) is 5.41 Å². The van der Waals surface area contributed by atoms with Crippen molar-refractivity contribution in [2.75, 3.05) is 11.9 Å². The molecule has 20 heavy (non-hydrogen) atoms. The normalized spacial score (nSPS) is 17.9. The molecule has 1 aromatic rings. The second-order valence-electron chi connectivity index (χ2n) is 5.90. The molecule has 1 heterocycles. The van der Waals surface area contributed by atoms with Crippen molar-refractivity contribution in [1.82, 2.24) is 5.32 Å². The van der Waals surface area contributed by atoms with Gasteiger partial charge in [0.25, 0.3) is 0 Å². The predicted octanol–water partition coefficient (Wildman–Crippen LogP) is 4.53. The molecule has 1 N–H and O–H groups in total. The Bertz CT molecular complexity index is 399. The van der Waals surface area contributed by atoms with Gasteiger partial charge in [0.15, 0.2) is 0 Å². The Hall–Kier alpha value is -0.350. The van der Waals surface area contributed by atoms with Crippen molar-refractivity contribution in [1.29, 1.82) is 0 Å². The third-order valence-corrected chi connectivity index (χ3v) is 6.39. The zero-order valence-corrected chi connectivity index (χ0v) is 14.4. The average Bonchev–Trinajstić information content (AvgIpc) is 2.99. The first kappa shape index (κ1) is 16.0. The summed E-state index contributed by atoms with van der Waals surface area (Å²) < 4.78 is 0. The van der Waals surface area contributed by atoms with Crippen LogP contribution in [0.4, 0.5) is 0 Å². The number of nitrogens with one attached hydrogen (secondary N) is 1. The zero-order valence-electron chi connectivity index (χ0n) is 12.0. The van der Waals surface area contributed by atoms with E-state index in [-0.39, 0.29) is 5.91 Å². The summed E-state index contributed by atoms with van der Waals surface area (Å²) >= 11 is 5.42. The number of hydrogen-bond acceptors (Lipinski definition) is 2. The van der Waals surface area contributed by atoms with Gasteiger partial charge >= 0.3 is 0 Å². The van der Waals surface area contributed by atoms with E-state index in [9.17, 15) is 4.79 Å². The molecular formula is C16H24BrNOS. The first-order valence-corrected chi connectivity index (χ1v) is 9.59. The Labute approximate surface area is 134 Å². The van der Waals surface area contributed by atoms with Crippen molar-refractivity contribution < 1.29 is 4.79 Å². The van der Waals surface area contributed by atoms with Gasteiger partial charge in [-0.15, -0.1) is 11.3 Å². The SMILES string of the molecule is O=C(CCCc1cccs1)NCC1(CBr)CCCCC1. The highest BCUT2D eigenvalue weighted by Gasteiger charge is 2.31. The lowest BCUT2D eigenvalue weighted by Gasteiger charge is -2.35. The van der Waals surface area contributed by atoms with E-state index in [1.807, 2.05) is 0 Å². The molecule has 0 unspecified atom stereocenters. The third-order valence-electron chi connectivity index (χ3n) is 4.27. The zero-order chi connectivity index (χ0) is 14.3. The number of alkyl halides is 1. The number of rotatable bonds is 7. The average molecular weight is 358 g/mol. The minimum Gasteiger partial charge on any atom is -0.356 e. The van der Waals surface area contributed by atoms with Crippen LogP contribution in [0.3, 0.4) is 0 Å². The number of hydrogen-bond donors (Lipinski definition) is 1. The first-order chi connectivity index (χ1) is 9.74. The number of carbonyl (C=O) groups is 1. The van der Waals surface area contributed by atoms with Crippen molar-refractivity contribution in [2.45, 2.75) is 51.4 Å². The van der Waals surface area contributed by atoms with Crippen LogP contribution in [0.2, 0.25) is 0 Å². The van der Waals surface area contributed by atoms with Gasteiger partial charge in [-0.3, -0.25) is 4.79 Å². The van der Waals surface area contributed by atoms with Crippen LogP contribution in [0.15, 0.2) is 17.5 Å². The quantitative estimate of drug-likeness (QED) is 0.713. The van der Waals surface area contributed by atoms with Crippen LogP contribution < -0.4 is 5.32 Å². The van der Waals surface area contributed by atoms with Crippen LogP contribution in [0, 0.1) is 5.41 Å². The fourth-order valence-electron chi connectivity index (χ4n) is 2.91. The molecule has 2 rings (SSSR count). The van der Waals surface area contributed by atoms with E-state index in [2.05, 4.69) is 38.8 Å². The van der Waals surface area contributed by atoms with Gasteiger partial charge in [-0.2, -0.15) is 0 Å². The maximum atomic E-state index is 11.9. The first-order valence-electron chi connectivity index (χ1n) is 7.59. The molecule has 0 spiro atoms. The molecule has 1 aliphatic carbocycles. The van der Waals surface area contributed by atoms with Crippen molar-refractivity contribution >= 4 is 33.2 Å². The maximum Gasteiger partial charge on any atom is 0.220 e. The van der Waals surface area contributed by atoms with Crippen molar-refractivity contribution in [3.63, 3.8) is 0 Å². The number of amides is 1. The van der Waals surface area contributed by atoms with Gasteiger partial charge in [0.05, 0.1) is 0 Å². The van der Waals surface area contributed by atoms with E-state index in [4.69, 9.17) is 0 Å². The highest BCUT2D eigenvalue weighted by molar-refractivity contribution is 9.09. The molecule has 4 heteroatoms. The van der Waals surface area contributed by atoms with E-state index in [0.717, 1.165) is 24.7 Å². The lowest BCUT2D eigenvalue weighted by Crippen LogP contribution is -2.40. The summed E-state index contributed by atoms with van der Waals surface area (Å²) in [5.74, 6) is 0.215. The summed E-state index contributed by atoms with van der Waals surface area (Å²) in [4.78, 5) is 13.3. The Kier molecular flexibility index (Phi) is 6.56. The minimum atomic E-state index is 0.215. The number of halogens is 1. The second kappa shape index (κ2) is 8.18. The van der Waals surface area contributed by atoms with E-state index in [0.29, 0.717) is 11.8 Å². The summed E-state index contributed by atoms with van der Waals surface area (Å²) in [5.41, 5.74) is 0.307. The molecule has 1 aliphatic rings. The van der Waals surface area contributed by atoms with Gasteiger partial charge in [0.2, 0.25) is 5.91 Å². The second-order valence-corrected chi connectivity index (χ2v) is 7.50. The maximum absolute atomic E-state index is 11.9. The molecule has 1 amide bonds. The summed E-state index contributed by atoms with van der Waals surface area (Å²) in [5, 5.41) is 6.26. The van der Waals surface area contributed by atoms with Crippen LogP contribution in [0.5, 0.6) is 0 Å². The third kappa shape index (κ3) is 4.88. The molecule has 0 aromatic carbocycles. The standard InChI is InChI=1S/C16H24BrNOS/c17-12-16(9-2-1-3-10-16)13-18-15(19)8-4-6-14-7-5-11-20-14/h5,7,11H,1-4,6,8-10,12-13H2,(H,18,19). The Morgan fingerprint density at radius 3 is 2.80 bits per heavy atom. The van der Waals surface area contributed by atoms with Gasteiger partial charge in [0.1, 0.15) is 0 Å². The highest BCUT2D eigenvalue weighted by Crippen LogP contribution is 2.37. The molecule has 1 aromatic heterocycles. The molecule has 0 radical (unpaired) electrons. The van der Waals surface area contributed by atoms with Crippen LogP contribution in [-0.2, 0) is 11.2 Å². The summed E-state index contributed by atoms with van der Waals surface area (Å²) in [6.45, 7) is 0.843. The molecule has 1 saturated carbocycles. The van der Waals surface area contributed by atoms with E-state index in [1.54, 1.807) is 11.3 Å². The molecule has 0 atom stereocenters. The van der Waals surface area contributed by atoms with Crippen LogP contribution in [0.25, 0.3) is 0 Å². The number of thiophene rings is 1. The summed E-state index contributed by atoms with van der Waals surface area (Å²) in [6.07, 6.45) is 9.07. The number of aryl methyl sites for hydroxylation is 1. The van der Waals surface area contributed by atoms with Crippen molar-refractivity contribution in [3.05, 3.63) is 22.4 Å². The minimum absolute atomic E-state index is 0.215. The van der Waals surface area contributed by atoms with Gasteiger partial charge in [-0.1, -0.05) is 41.3 Å². The molecule has 0 aliphatic heterocycles. The fraction of sp³-hybridized carbons (Fsp3) is 0.688. The van der Waals surface area contributed by atoms with Crippen LogP contribution >= 0.6 is 27.3 Å². The monoisotopic (exact) mass is 357 g/mol. The highest BCUT2D eigenvalue weighted by atomic mass is 79.9. The molecule has 112 valence electrons. The van der Waals surface area contributed by atoms with Gasteiger partial charge < -0.3 is 5.32 Å². The molecule has 1 fully saturated rings. The lowest BCUT2D eigenvalue weighted by molar-refractivity contribution is -0.121. The Morgan fingerprint density at radius 1 is 1.35 bits per heavy atom. The van der Waals surface area contributed by atoms with E-state index in [1.165, 1.54) is 37.0 Å². The van der Waals surface area contributed by atoms with Crippen molar-refractivity contribution in [3.8, 4) is 0 Å². The molecule has 2 nitrogen and oxygen atoms in total. The molecule has 0 saturated heterocycles. The topological polar surface area (TPSA) is 29.1 Å². The van der Waals surface area contributed by atoms with E-state index >= 15 is 0 Å². The van der Waals surface area contributed by atoms with Gasteiger partial charge in [-0.05, 0) is 42.5 Å². The molecular weight excluding hydrogens is 334 g/mol. The smallest absolute Gasteiger partial charge is 0.220 e. The Balaban J connectivity index is 1.66. The largest absolute Gasteiger partial charge is 0.356 e. The fourth-order valence-corrected chi connectivity index (χ4v) is 4.42. The predicted molar refractivity (Wildman–Crippen MR) is 89.6 cm³/mol. The van der Waals surface area contributed by atoms with Crippen LogP contribution in [-0.4, -0.2) is 17.8 Å². The van der Waals surface area contributed by atoms with Crippen LogP contribution in [0.1, 0.15) is 49.8 Å². The lowest BCUT2D eigenvalue weighted by atomic mass is 9.75. The van der Waals surface area contributed by atoms with Gasteiger partial charge in [0, 0.05) is 23.2 Å². The van der Waals surface area contributed by atoms with Gasteiger partial charge in [-0.25, -0.2) is 0 Å². The van der Waals surface area contributed by atoms with E-state index < -0.39 is 0 Å². The summed E-state index contributed by atoms with van der Waals surface area (Å²) in [6, 6.07) is 4.22. The molecule has 0 bridgehead atoms.